The SMILES string of the molecule is NCCC(=O)NCC1CCCCN1C(=O)c1ccc(Cl)cc1F. The van der Waals surface area contributed by atoms with Gasteiger partial charge in [-0.05, 0) is 37.5 Å². The lowest BCUT2D eigenvalue weighted by Gasteiger charge is -2.36. The second-order valence-corrected chi connectivity index (χ2v) is 6.05. The van der Waals surface area contributed by atoms with Crippen molar-refractivity contribution in [3.8, 4) is 0 Å². The van der Waals surface area contributed by atoms with Gasteiger partial charge >= 0.3 is 0 Å². The molecule has 3 N–H and O–H groups in total. The molecule has 0 radical (unpaired) electrons. The summed E-state index contributed by atoms with van der Waals surface area (Å²) in [7, 11) is 0. The molecule has 126 valence electrons. The first-order valence-electron chi connectivity index (χ1n) is 7.75. The number of rotatable bonds is 5. The molecule has 1 fully saturated rings. The predicted molar refractivity (Wildman–Crippen MR) is 86.8 cm³/mol. The molecule has 1 atom stereocenters. The number of nitrogens with two attached hydrogens (primary N) is 1. The average molecular weight is 342 g/mol. The molecule has 2 amide bonds. The van der Waals surface area contributed by atoms with Crippen LogP contribution in [0.2, 0.25) is 5.02 Å². The molecule has 1 aliphatic heterocycles. The molecule has 1 unspecified atom stereocenters. The topological polar surface area (TPSA) is 75.4 Å². The summed E-state index contributed by atoms with van der Waals surface area (Å²) < 4.78 is 14.0. The van der Waals surface area contributed by atoms with Crippen molar-refractivity contribution in [1.82, 2.24) is 10.2 Å². The van der Waals surface area contributed by atoms with Gasteiger partial charge in [0.15, 0.2) is 0 Å². The number of piperidine rings is 1. The number of halogens is 2. The zero-order valence-electron chi connectivity index (χ0n) is 12.9. The molecular formula is C16H21ClFN3O2. The van der Waals surface area contributed by atoms with Crippen molar-refractivity contribution in [2.75, 3.05) is 19.6 Å². The molecule has 0 aliphatic carbocycles. The van der Waals surface area contributed by atoms with E-state index in [1.807, 2.05) is 0 Å². The van der Waals surface area contributed by atoms with Gasteiger partial charge < -0.3 is 16.0 Å². The van der Waals surface area contributed by atoms with Crippen LogP contribution in [0.4, 0.5) is 4.39 Å². The second kappa shape index (κ2) is 8.26. The van der Waals surface area contributed by atoms with Crippen molar-refractivity contribution >= 4 is 23.4 Å². The highest BCUT2D eigenvalue weighted by molar-refractivity contribution is 6.30. The van der Waals surface area contributed by atoms with Crippen LogP contribution in [0.15, 0.2) is 18.2 Å². The van der Waals surface area contributed by atoms with Crippen molar-refractivity contribution in [3.63, 3.8) is 0 Å². The van der Waals surface area contributed by atoms with Gasteiger partial charge in [0.05, 0.1) is 5.56 Å². The van der Waals surface area contributed by atoms with E-state index in [0.717, 1.165) is 25.3 Å². The molecular weight excluding hydrogens is 321 g/mol. The summed E-state index contributed by atoms with van der Waals surface area (Å²) in [5.41, 5.74) is 5.35. The number of amides is 2. The van der Waals surface area contributed by atoms with Gasteiger partial charge in [-0.25, -0.2) is 4.39 Å². The number of carbonyl (C=O) groups excluding carboxylic acids is 2. The summed E-state index contributed by atoms with van der Waals surface area (Å²) in [5.74, 6) is -1.13. The number of benzene rings is 1. The van der Waals surface area contributed by atoms with E-state index in [1.165, 1.54) is 12.1 Å². The van der Waals surface area contributed by atoms with E-state index in [-0.39, 0.29) is 41.4 Å². The highest BCUT2D eigenvalue weighted by Crippen LogP contribution is 2.22. The smallest absolute Gasteiger partial charge is 0.257 e. The summed E-state index contributed by atoms with van der Waals surface area (Å²) in [4.78, 5) is 25.8. The Kier molecular flexibility index (Phi) is 6.36. The van der Waals surface area contributed by atoms with Crippen LogP contribution in [-0.2, 0) is 4.79 Å². The van der Waals surface area contributed by atoms with E-state index >= 15 is 0 Å². The first kappa shape index (κ1) is 17.7. The van der Waals surface area contributed by atoms with Gasteiger partial charge in [0.25, 0.3) is 5.91 Å². The van der Waals surface area contributed by atoms with Gasteiger partial charge in [0.1, 0.15) is 5.82 Å². The third kappa shape index (κ3) is 4.65. The molecule has 23 heavy (non-hydrogen) atoms. The van der Waals surface area contributed by atoms with Crippen molar-refractivity contribution in [3.05, 3.63) is 34.6 Å². The maximum Gasteiger partial charge on any atom is 0.257 e. The lowest BCUT2D eigenvalue weighted by Crippen LogP contribution is -2.49. The number of nitrogens with one attached hydrogen (secondary N) is 1. The third-order valence-electron chi connectivity index (χ3n) is 3.96. The molecule has 0 spiro atoms. The zero-order chi connectivity index (χ0) is 16.8. The Morgan fingerprint density at radius 2 is 2.17 bits per heavy atom. The summed E-state index contributed by atoms with van der Waals surface area (Å²) >= 11 is 5.73. The van der Waals surface area contributed by atoms with Crippen LogP contribution in [0.25, 0.3) is 0 Å². The Labute approximate surface area is 140 Å². The first-order valence-corrected chi connectivity index (χ1v) is 8.13. The fourth-order valence-corrected chi connectivity index (χ4v) is 2.91. The van der Waals surface area contributed by atoms with Crippen LogP contribution < -0.4 is 11.1 Å². The molecule has 1 heterocycles. The Bertz CT molecular complexity index is 582. The fourth-order valence-electron chi connectivity index (χ4n) is 2.75. The summed E-state index contributed by atoms with van der Waals surface area (Å²) in [6, 6.07) is 3.91. The van der Waals surface area contributed by atoms with Crippen LogP contribution >= 0.6 is 11.6 Å². The van der Waals surface area contributed by atoms with E-state index in [4.69, 9.17) is 17.3 Å². The minimum Gasteiger partial charge on any atom is -0.354 e. The minimum absolute atomic E-state index is 0.00887. The summed E-state index contributed by atoms with van der Waals surface area (Å²) in [6.07, 6.45) is 2.88. The molecule has 0 bridgehead atoms. The van der Waals surface area contributed by atoms with Gasteiger partial charge in [0.2, 0.25) is 5.91 Å². The van der Waals surface area contributed by atoms with Gasteiger partial charge in [-0.2, -0.15) is 0 Å². The van der Waals surface area contributed by atoms with E-state index in [9.17, 15) is 14.0 Å². The number of hydrogen-bond acceptors (Lipinski definition) is 3. The zero-order valence-corrected chi connectivity index (χ0v) is 13.6. The maximum atomic E-state index is 14.0. The summed E-state index contributed by atoms with van der Waals surface area (Å²) in [6.45, 7) is 1.20. The monoisotopic (exact) mass is 341 g/mol. The van der Waals surface area contributed by atoms with Crippen molar-refractivity contribution in [1.29, 1.82) is 0 Å². The van der Waals surface area contributed by atoms with Crippen LogP contribution in [0.5, 0.6) is 0 Å². The molecule has 1 aromatic carbocycles. The van der Waals surface area contributed by atoms with Gasteiger partial charge in [-0.15, -0.1) is 0 Å². The Morgan fingerprint density at radius 3 is 2.87 bits per heavy atom. The number of carbonyl (C=O) groups is 2. The number of nitrogens with zero attached hydrogens (tertiary/aromatic N) is 1. The van der Waals surface area contributed by atoms with Crippen molar-refractivity contribution in [2.45, 2.75) is 31.7 Å². The van der Waals surface area contributed by atoms with Gasteiger partial charge in [-0.3, -0.25) is 9.59 Å². The number of likely N-dealkylation sites (tertiary alicyclic amines) is 1. The van der Waals surface area contributed by atoms with E-state index < -0.39 is 5.82 Å². The average Bonchev–Trinajstić information content (AvgIpc) is 2.53. The quantitative estimate of drug-likeness (QED) is 0.859. The molecule has 2 rings (SSSR count). The first-order chi connectivity index (χ1) is 11.0. The minimum atomic E-state index is -0.626. The molecule has 7 heteroatoms. The summed E-state index contributed by atoms with van der Waals surface area (Å²) in [5, 5.41) is 3.04. The Morgan fingerprint density at radius 1 is 1.39 bits per heavy atom. The lowest BCUT2D eigenvalue weighted by atomic mass is 10.0. The standard InChI is InChI=1S/C16H21ClFN3O2/c17-11-4-5-13(14(18)9-11)16(23)21-8-2-1-3-12(21)10-20-15(22)6-7-19/h4-5,9,12H,1-3,6-8,10,19H2,(H,20,22). The van der Waals surface area contributed by atoms with Crippen molar-refractivity contribution in [2.24, 2.45) is 5.73 Å². The Balaban J connectivity index is 2.07. The fraction of sp³-hybridized carbons (Fsp3) is 0.500. The molecule has 1 aliphatic rings. The maximum absolute atomic E-state index is 14.0. The van der Waals surface area contributed by atoms with Gasteiger partial charge in [0, 0.05) is 37.1 Å². The van der Waals surface area contributed by atoms with Crippen LogP contribution in [0.1, 0.15) is 36.0 Å². The predicted octanol–water partition coefficient (Wildman–Crippen LogP) is 1.94. The highest BCUT2D eigenvalue weighted by Gasteiger charge is 2.29. The van der Waals surface area contributed by atoms with Crippen LogP contribution in [-0.4, -0.2) is 42.4 Å². The molecule has 0 aromatic heterocycles. The molecule has 0 saturated carbocycles. The Hall–Kier alpha value is -1.66. The van der Waals surface area contributed by atoms with E-state index in [0.29, 0.717) is 13.1 Å². The molecule has 5 nitrogen and oxygen atoms in total. The lowest BCUT2D eigenvalue weighted by molar-refractivity contribution is -0.121. The second-order valence-electron chi connectivity index (χ2n) is 5.62. The van der Waals surface area contributed by atoms with Crippen LogP contribution in [0.3, 0.4) is 0 Å². The van der Waals surface area contributed by atoms with Gasteiger partial charge in [-0.1, -0.05) is 11.6 Å². The van der Waals surface area contributed by atoms with E-state index in [2.05, 4.69) is 5.32 Å². The van der Waals surface area contributed by atoms with Crippen molar-refractivity contribution < 1.29 is 14.0 Å². The highest BCUT2D eigenvalue weighted by atomic mass is 35.5. The largest absolute Gasteiger partial charge is 0.354 e. The van der Waals surface area contributed by atoms with E-state index in [1.54, 1.807) is 4.90 Å². The third-order valence-corrected chi connectivity index (χ3v) is 4.19. The van der Waals surface area contributed by atoms with Crippen LogP contribution in [0, 0.1) is 5.82 Å². The number of hydrogen-bond donors (Lipinski definition) is 2. The molecule has 1 aromatic rings. The normalized spacial score (nSPS) is 17.9. The molecule has 1 saturated heterocycles.